The average Bonchev–Trinajstić information content (AvgIpc) is 3.11. The molecule has 1 aromatic heterocycles. The third-order valence-corrected chi connectivity index (χ3v) is 4.87. The van der Waals surface area contributed by atoms with Crippen molar-refractivity contribution in [3.63, 3.8) is 0 Å². The molecule has 0 radical (unpaired) electrons. The highest BCUT2D eigenvalue weighted by Gasteiger charge is 2.32. The first kappa shape index (κ1) is 19.3. The average molecular weight is 351 g/mol. The molecule has 1 saturated heterocycles. The zero-order chi connectivity index (χ0) is 18.4. The number of carbonyl (C=O) groups is 2. The van der Waals surface area contributed by atoms with Crippen LogP contribution in [0.2, 0.25) is 0 Å². The lowest BCUT2D eigenvalue weighted by Crippen LogP contribution is -2.50. The number of carbonyl (C=O) groups excluding carboxylic acids is 1. The number of nitrogens with one attached hydrogen (secondary N) is 1. The van der Waals surface area contributed by atoms with Gasteiger partial charge in [0.2, 0.25) is 0 Å². The van der Waals surface area contributed by atoms with Gasteiger partial charge in [-0.25, -0.2) is 4.79 Å². The summed E-state index contributed by atoms with van der Waals surface area (Å²) in [6.07, 6.45) is 2.25. The van der Waals surface area contributed by atoms with Gasteiger partial charge in [-0.3, -0.25) is 9.69 Å². The molecule has 3 unspecified atom stereocenters. The highest BCUT2D eigenvalue weighted by Crippen LogP contribution is 2.23. The maximum atomic E-state index is 12.6. The summed E-state index contributed by atoms with van der Waals surface area (Å²) in [6.45, 7) is 9.11. The molecule has 1 fully saturated rings. The Balaban J connectivity index is 1.99. The SMILES string of the molecule is CCN(CC)C(CNC(=O)N1CC(C)CC(C(=O)O)C1)c1ccco1. The van der Waals surface area contributed by atoms with Crippen LogP contribution in [0.1, 0.15) is 39.0 Å². The fraction of sp³-hybridized carbons (Fsp3) is 0.667. The minimum absolute atomic E-state index is 0.0357. The predicted octanol–water partition coefficient (Wildman–Crippen LogP) is 2.41. The Hall–Kier alpha value is -2.02. The molecule has 0 spiro atoms. The van der Waals surface area contributed by atoms with E-state index in [1.54, 1.807) is 11.2 Å². The second-order valence-corrected chi connectivity index (χ2v) is 6.72. The Morgan fingerprint density at radius 2 is 2.12 bits per heavy atom. The fourth-order valence-corrected chi connectivity index (χ4v) is 3.55. The second kappa shape index (κ2) is 8.89. The van der Waals surface area contributed by atoms with E-state index in [0.717, 1.165) is 18.8 Å². The van der Waals surface area contributed by atoms with Crippen LogP contribution >= 0.6 is 0 Å². The van der Waals surface area contributed by atoms with E-state index in [-0.39, 0.29) is 24.5 Å². The van der Waals surface area contributed by atoms with Gasteiger partial charge in [-0.1, -0.05) is 20.8 Å². The standard InChI is InChI=1S/C18H29N3O4/c1-4-20(5-2)15(16-7-6-8-25-16)10-19-18(24)21-11-13(3)9-14(12-21)17(22)23/h6-8,13-15H,4-5,9-12H2,1-3H3,(H,19,24)(H,22,23). The first-order valence-electron chi connectivity index (χ1n) is 8.99. The zero-order valence-corrected chi connectivity index (χ0v) is 15.3. The maximum absolute atomic E-state index is 12.6. The number of amides is 2. The Kier molecular flexibility index (Phi) is 6.87. The highest BCUT2D eigenvalue weighted by molar-refractivity contribution is 5.76. The molecule has 2 heterocycles. The van der Waals surface area contributed by atoms with Gasteiger partial charge >= 0.3 is 12.0 Å². The number of rotatable bonds is 7. The van der Waals surface area contributed by atoms with Gasteiger partial charge in [0.15, 0.2) is 0 Å². The number of aliphatic carboxylic acids is 1. The lowest BCUT2D eigenvalue weighted by Gasteiger charge is -2.35. The Labute approximate surface area is 149 Å². The van der Waals surface area contributed by atoms with Crippen LogP contribution in [0.25, 0.3) is 0 Å². The third-order valence-electron chi connectivity index (χ3n) is 4.87. The van der Waals surface area contributed by atoms with Crippen molar-refractivity contribution in [2.45, 2.75) is 33.2 Å². The predicted molar refractivity (Wildman–Crippen MR) is 94.2 cm³/mol. The van der Waals surface area contributed by atoms with E-state index in [4.69, 9.17) is 4.42 Å². The minimum Gasteiger partial charge on any atom is -0.481 e. The number of likely N-dealkylation sites (tertiary alicyclic amines) is 1. The molecule has 3 atom stereocenters. The molecule has 0 aromatic carbocycles. The number of carboxylic acids is 1. The summed E-state index contributed by atoms with van der Waals surface area (Å²) in [6, 6.07) is 3.52. The van der Waals surface area contributed by atoms with E-state index in [2.05, 4.69) is 24.1 Å². The molecule has 2 amide bonds. The van der Waals surface area contributed by atoms with Crippen molar-refractivity contribution < 1.29 is 19.1 Å². The summed E-state index contributed by atoms with van der Waals surface area (Å²) >= 11 is 0. The summed E-state index contributed by atoms with van der Waals surface area (Å²) in [4.78, 5) is 27.7. The van der Waals surface area contributed by atoms with Crippen LogP contribution < -0.4 is 5.32 Å². The van der Waals surface area contributed by atoms with Crippen molar-refractivity contribution in [3.05, 3.63) is 24.2 Å². The van der Waals surface area contributed by atoms with Gasteiger partial charge in [0.1, 0.15) is 5.76 Å². The number of hydrogen-bond acceptors (Lipinski definition) is 4. The molecule has 0 saturated carbocycles. The van der Waals surface area contributed by atoms with Gasteiger partial charge < -0.3 is 19.7 Å². The molecule has 25 heavy (non-hydrogen) atoms. The molecule has 140 valence electrons. The van der Waals surface area contributed by atoms with Crippen molar-refractivity contribution in [2.75, 3.05) is 32.7 Å². The van der Waals surface area contributed by atoms with Crippen molar-refractivity contribution >= 4 is 12.0 Å². The summed E-state index contributed by atoms with van der Waals surface area (Å²) in [5.74, 6) is -0.317. The van der Waals surface area contributed by atoms with Crippen molar-refractivity contribution in [1.29, 1.82) is 0 Å². The fourth-order valence-electron chi connectivity index (χ4n) is 3.55. The lowest BCUT2D eigenvalue weighted by molar-refractivity contribution is -0.143. The highest BCUT2D eigenvalue weighted by atomic mass is 16.4. The first-order chi connectivity index (χ1) is 12.0. The van der Waals surface area contributed by atoms with Crippen molar-refractivity contribution in [2.24, 2.45) is 11.8 Å². The smallest absolute Gasteiger partial charge is 0.317 e. The molecule has 7 heteroatoms. The normalized spacial score (nSPS) is 22.0. The number of urea groups is 1. The number of likely N-dealkylation sites (N-methyl/N-ethyl adjacent to an activating group) is 1. The molecular formula is C18H29N3O4. The summed E-state index contributed by atoms with van der Waals surface area (Å²) in [5.41, 5.74) is 0. The van der Waals surface area contributed by atoms with Gasteiger partial charge in [-0.15, -0.1) is 0 Å². The van der Waals surface area contributed by atoms with Gasteiger partial charge in [0.05, 0.1) is 18.2 Å². The minimum atomic E-state index is -0.832. The van der Waals surface area contributed by atoms with E-state index < -0.39 is 11.9 Å². The van der Waals surface area contributed by atoms with E-state index in [0.29, 0.717) is 19.5 Å². The molecule has 0 bridgehead atoms. The largest absolute Gasteiger partial charge is 0.481 e. The van der Waals surface area contributed by atoms with Crippen LogP contribution in [0, 0.1) is 11.8 Å². The van der Waals surface area contributed by atoms with Gasteiger partial charge in [0.25, 0.3) is 0 Å². The van der Waals surface area contributed by atoms with Crippen LogP contribution in [0.5, 0.6) is 0 Å². The number of hydrogen-bond donors (Lipinski definition) is 2. The first-order valence-corrected chi connectivity index (χ1v) is 8.99. The molecule has 1 aromatic rings. The quantitative estimate of drug-likeness (QED) is 0.788. The summed E-state index contributed by atoms with van der Waals surface area (Å²) < 4.78 is 5.54. The topological polar surface area (TPSA) is 86.0 Å². The molecule has 0 aliphatic carbocycles. The van der Waals surface area contributed by atoms with Crippen LogP contribution in [0.4, 0.5) is 4.79 Å². The van der Waals surface area contributed by atoms with Gasteiger partial charge in [-0.05, 0) is 37.6 Å². The lowest BCUT2D eigenvalue weighted by atomic mass is 9.91. The number of furan rings is 1. The van der Waals surface area contributed by atoms with Crippen molar-refractivity contribution in [1.82, 2.24) is 15.1 Å². The Bertz CT molecular complexity index is 557. The molecule has 2 N–H and O–H groups in total. The maximum Gasteiger partial charge on any atom is 0.317 e. The summed E-state index contributed by atoms with van der Waals surface area (Å²) in [5, 5.41) is 12.2. The second-order valence-electron chi connectivity index (χ2n) is 6.72. The molecule has 1 aliphatic rings. The van der Waals surface area contributed by atoms with E-state index >= 15 is 0 Å². The molecular weight excluding hydrogens is 322 g/mol. The number of carboxylic acid groups (broad SMARTS) is 1. The van der Waals surface area contributed by atoms with Crippen LogP contribution in [0.3, 0.4) is 0 Å². The Morgan fingerprint density at radius 3 is 2.68 bits per heavy atom. The van der Waals surface area contributed by atoms with E-state index in [1.165, 1.54) is 0 Å². The van der Waals surface area contributed by atoms with Crippen LogP contribution in [0.15, 0.2) is 22.8 Å². The van der Waals surface area contributed by atoms with Crippen LogP contribution in [-0.2, 0) is 4.79 Å². The Morgan fingerprint density at radius 1 is 1.40 bits per heavy atom. The zero-order valence-electron chi connectivity index (χ0n) is 15.3. The van der Waals surface area contributed by atoms with E-state index in [9.17, 15) is 14.7 Å². The van der Waals surface area contributed by atoms with Crippen LogP contribution in [-0.4, -0.2) is 59.6 Å². The van der Waals surface area contributed by atoms with Gasteiger partial charge in [0, 0.05) is 19.6 Å². The summed E-state index contributed by atoms with van der Waals surface area (Å²) in [7, 11) is 0. The van der Waals surface area contributed by atoms with E-state index in [1.807, 2.05) is 19.1 Å². The van der Waals surface area contributed by atoms with Gasteiger partial charge in [-0.2, -0.15) is 0 Å². The third kappa shape index (κ3) is 4.98. The van der Waals surface area contributed by atoms with Crippen molar-refractivity contribution in [3.8, 4) is 0 Å². The molecule has 1 aliphatic heterocycles. The monoisotopic (exact) mass is 351 g/mol. The molecule has 2 rings (SSSR count). The number of piperidine rings is 1. The number of nitrogens with zero attached hydrogens (tertiary/aromatic N) is 2. The molecule has 7 nitrogen and oxygen atoms in total.